The highest BCUT2D eigenvalue weighted by molar-refractivity contribution is 5.76. The Morgan fingerprint density at radius 2 is 2.20 bits per heavy atom. The van der Waals surface area contributed by atoms with Crippen LogP contribution in [0.4, 0.5) is 0 Å². The lowest BCUT2D eigenvalue weighted by Gasteiger charge is -2.20. The first-order chi connectivity index (χ1) is 7.20. The summed E-state index contributed by atoms with van der Waals surface area (Å²) in [6, 6.07) is 1.18. The summed E-state index contributed by atoms with van der Waals surface area (Å²) in [6.45, 7) is 6.09. The lowest BCUT2D eigenvalue weighted by molar-refractivity contribution is -0.129. The summed E-state index contributed by atoms with van der Waals surface area (Å²) >= 11 is 0. The van der Waals surface area contributed by atoms with E-state index in [1.807, 2.05) is 11.8 Å². The number of nitrogens with zero attached hydrogens (tertiary/aromatic N) is 1. The average molecular weight is 210 g/mol. The normalized spacial score (nSPS) is 28.1. The van der Waals surface area contributed by atoms with E-state index in [1.165, 1.54) is 12.8 Å². The maximum atomic E-state index is 11.5. The predicted octanol–water partition coefficient (Wildman–Crippen LogP) is 1.39. The van der Waals surface area contributed by atoms with Gasteiger partial charge in [0.05, 0.1) is 0 Å². The molecule has 3 nitrogen and oxygen atoms in total. The fourth-order valence-electron chi connectivity index (χ4n) is 2.45. The number of hydrogen-bond donors (Lipinski definition) is 1. The summed E-state index contributed by atoms with van der Waals surface area (Å²) in [5.74, 6) is 1.21. The maximum absolute atomic E-state index is 11.5. The average Bonchev–Trinajstić information content (AvgIpc) is 2.99. The molecule has 86 valence electrons. The van der Waals surface area contributed by atoms with Crippen molar-refractivity contribution in [1.29, 1.82) is 0 Å². The topological polar surface area (TPSA) is 32.3 Å². The molecule has 2 atom stereocenters. The summed E-state index contributed by atoms with van der Waals surface area (Å²) in [7, 11) is 0. The van der Waals surface area contributed by atoms with Gasteiger partial charge in [0.2, 0.25) is 5.91 Å². The first-order valence-electron chi connectivity index (χ1n) is 6.24. The van der Waals surface area contributed by atoms with Crippen LogP contribution in [0.3, 0.4) is 0 Å². The highest BCUT2D eigenvalue weighted by Gasteiger charge is 2.32. The minimum absolute atomic E-state index is 0.304. The third-order valence-corrected chi connectivity index (χ3v) is 3.67. The molecule has 1 saturated heterocycles. The molecule has 2 rings (SSSR count). The van der Waals surface area contributed by atoms with Crippen LogP contribution in [0, 0.1) is 5.92 Å². The number of nitrogens with one attached hydrogen (secondary N) is 1. The lowest BCUT2D eigenvalue weighted by Crippen LogP contribution is -2.40. The molecule has 1 N–H and O–H groups in total. The van der Waals surface area contributed by atoms with Crippen molar-refractivity contribution in [2.75, 3.05) is 13.1 Å². The van der Waals surface area contributed by atoms with E-state index in [4.69, 9.17) is 0 Å². The van der Waals surface area contributed by atoms with Crippen molar-refractivity contribution in [3.05, 3.63) is 0 Å². The third-order valence-electron chi connectivity index (χ3n) is 3.67. The summed E-state index contributed by atoms with van der Waals surface area (Å²) < 4.78 is 0. The SMILES string of the molecule is CCC(=O)N1CCC(NC(C)C2CC2)C1. The second-order valence-electron chi connectivity index (χ2n) is 4.97. The zero-order valence-corrected chi connectivity index (χ0v) is 9.83. The van der Waals surface area contributed by atoms with Gasteiger partial charge < -0.3 is 10.2 Å². The fourth-order valence-corrected chi connectivity index (χ4v) is 2.45. The minimum Gasteiger partial charge on any atom is -0.341 e. The molecule has 1 aliphatic heterocycles. The van der Waals surface area contributed by atoms with Crippen LogP contribution in [0.2, 0.25) is 0 Å². The molecular formula is C12H22N2O. The molecular weight excluding hydrogens is 188 g/mol. The van der Waals surface area contributed by atoms with Gasteiger partial charge in [0.1, 0.15) is 0 Å². The molecule has 0 aromatic rings. The van der Waals surface area contributed by atoms with Crippen molar-refractivity contribution >= 4 is 5.91 Å². The lowest BCUT2D eigenvalue weighted by atomic mass is 10.1. The molecule has 2 fully saturated rings. The van der Waals surface area contributed by atoms with E-state index in [2.05, 4.69) is 12.2 Å². The molecule has 1 heterocycles. The van der Waals surface area contributed by atoms with Gasteiger partial charge in [-0.25, -0.2) is 0 Å². The standard InChI is InChI=1S/C12H22N2O/c1-3-12(15)14-7-6-11(8-14)13-9(2)10-4-5-10/h9-11,13H,3-8H2,1-2H3. The van der Waals surface area contributed by atoms with Crippen LogP contribution in [0.15, 0.2) is 0 Å². The molecule has 0 aromatic heterocycles. The van der Waals surface area contributed by atoms with E-state index in [1.54, 1.807) is 0 Å². The van der Waals surface area contributed by atoms with Crippen molar-refractivity contribution in [2.45, 2.75) is 51.6 Å². The first-order valence-corrected chi connectivity index (χ1v) is 6.24. The third kappa shape index (κ3) is 2.71. The molecule has 0 radical (unpaired) electrons. The number of likely N-dealkylation sites (tertiary alicyclic amines) is 1. The monoisotopic (exact) mass is 210 g/mol. The Morgan fingerprint density at radius 3 is 2.80 bits per heavy atom. The van der Waals surface area contributed by atoms with Gasteiger partial charge in [0, 0.05) is 31.6 Å². The Labute approximate surface area is 92.2 Å². The molecule has 0 aromatic carbocycles. The van der Waals surface area contributed by atoms with E-state index in [-0.39, 0.29) is 0 Å². The number of rotatable bonds is 4. The molecule has 3 heteroatoms. The Morgan fingerprint density at radius 1 is 1.47 bits per heavy atom. The van der Waals surface area contributed by atoms with Crippen LogP contribution in [0.1, 0.15) is 39.5 Å². The van der Waals surface area contributed by atoms with Gasteiger partial charge in [-0.3, -0.25) is 4.79 Å². The quantitative estimate of drug-likeness (QED) is 0.760. The molecule has 15 heavy (non-hydrogen) atoms. The van der Waals surface area contributed by atoms with Crippen molar-refractivity contribution in [3.63, 3.8) is 0 Å². The van der Waals surface area contributed by atoms with Crippen LogP contribution >= 0.6 is 0 Å². The number of amides is 1. The van der Waals surface area contributed by atoms with Gasteiger partial charge in [-0.2, -0.15) is 0 Å². The van der Waals surface area contributed by atoms with Crippen LogP contribution in [0.5, 0.6) is 0 Å². The van der Waals surface area contributed by atoms with Crippen molar-refractivity contribution in [1.82, 2.24) is 10.2 Å². The van der Waals surface area contributed by atoms with Crippen molar-refractivity contribution < 1.29 is 4.79 Å². The molecule has 2 unspecified atom stereocenters. The molecule has 1 aliphatic carbocycles. The highest BCUT2D eigenvalue weighted by atomic mass is 16.2. The molecule has 2 aliphatic rings. The van der Waals surface area contributed by atoms with Crippen molar-refractivity contribution in [2.24, 2.45) is 5.92 Å². The Balaban J connectivity index is 1.74. The molecule has 0 bridgehead atoms. The van der Waals surface area contributed by atoms with E-state index in [0.717, 1.165) is 25.4 Å². The minimum atomic E-state index is 0.304. The molecule has 1 amide bonds. The summed E-state index contributed by atoms with van der Waals surface area (Å²) in [4.78, 5) is 13.5. The van der Waals surface area contributed by atoms with Gasteiger partial charge in [-0.15, -0.1) is 0 Å². The van der Waals surface area contributed by atoms with Gasteiger partial charge in [0.15, 0.2) is 0 Å². The number of hydrogen-bond acceptors (Lipinski definition) is 2. The zero-order valence-electron chi connectivity index (χ0n) is 9.83. The smallest absolute Gasteiger partial charge is 0.222 e. The maximum Gasteiger partial charge on any atom is 0.222 e. The Hall–Kier alpha value is -0.570. The van der Waals surface area contributed by atoms with E-state index in [0.29, 0.717) is 24.4 Å². The van der Waals surface area contributed by atoms with Crippen LogP contribution in [-0.2, 0) is 4.79 Å². The number of carbonyl (C=O) groups excluding carboxylic acids is 1. The summed E-state index contributed by atoms with van der Waals surface area (Å²) in [5.41, 5.74) is 0. The zero-order chi connectivity index (χ0) is 10.8. The highest BCUT2D eigenvalue weighted by Crippen LogP contribution is 2.32. The van der Waals surface area contributed by atoms with Gasteiger partial charge in [-0.1, -0.05) is 6.92 Å². The number of carbonyl (C=O) groups is 1. The van der Waals surface area contributed by atoms with Crippen LogP contribution in [0.25, 0.3) is 0 Å². The largest absolute Gasteiger partial charge is 0.341 e. The Kier molecular flexibility index (Phi) is 3.29. The summed E-state index contributed by atoms with van der Waals surface area (Å²) in [5, 5.41) is 3.66. The predicted molar refractivity (Wildman–Crippen MR) is 60.6 cm³/mol. The van der Waals surface area contributed by atoms with Crippen molar-refractivity contribution in [3.8, 4) is 0 Å². The van der Waals surface area contributed by atoms with E-state index in [9.17, 15) is 4.79 Å². The van der Waals surface area contributed by atoms with Gasteiger partial charge in [0.25, 0.3) is 0 Å². The van der Waals surface area contributed by atoms with Gasteiger partial charge in [-0.05, 0) is 32.1 Å². The summed E-state index contributed by atoms with van der Waals surface area (Å²) in [6.07, 6.45) is 4.55. The van der Waals surface area contributed by atoms with Gasteiger partial charge >= 0.3 is 0 Å². The first kappa shape index (κ1) is 10.9. The Bertz CT molecular complexity index is 238. The van der Waals surface area contributed by atoms with Crippen LogP contribution < -0.4 is 5.32 Å². The van der Waals surface area contributed by atoms with Crippen LogP contribution in [-0.4, -0.2) is 36.0 Å². The second-order valence-corrected chi connectivity index (χ2v) is 4.97. The van der Waals surface area contributed by atoms with E-state index >= 15 is 0 Å². The fraction of sp³-hybridized carbons (Fsp3) is 0.917. The molecule has 1 saturated carbocycles. The van der Waals surface area contributed by atoms with E-state index < -0.39 is 0 Å². The molecule has 0 spiro atoms. The second kappa shape index (κ2) is 4.52.